The zero-order chi connectivity index (χ0) is 23.6. The summed E-state index contributed by atoms with van der Waals surface area (Å²) in [6, 6.07) is 8.74. The highest BCUT2D eigenvalue weighted by Gasteiger charge is 2.55. The van der Waals surface area contributed by atoms with E-state index in [0.29, 0.717) is 23.0 Å². The molecule has 2 aromatic heterocycles. The largest absolute Gasteiger partial charge is 0.416 e. The van der Waals surface area contributed by atoms with Crippen LogP contribution in [0, 0.1) is 17.8 Å². The van der Waals surface area contributed by atoms with Crippen molar-refractivity contribution in [3.63, 3.8) is 0 Å². The smallest absolute Gasteiger partial charge is 0.325 e. The lowest BCUT2D eigenvalue weighted by atomic mass is 9.77. The Morgan fingerprint density at radius 1 is 1.15 bits per heavy atom. The molecule has 2 saturated carbocycles. The molecule has 0 saturated heterocycles. The number of hydrogen-bond acceptors (Lipinski definition) is 5. The molecular formula is C24H21F3N2O2S3. The number of thioether (sulfide) groups is 1. The maximum absolute atomic E-state index is 13.0. The standard InChI is InChI=1S/C24H21F3N2O2S3/c25-24(26,27)14-3-1-4-15(10-14)28-17(30)11-29-22-21(34-23(29)31)19(16-5-2-8-32-16)18-12-6-7-13(9-12)20(18)33-22/h1-5,8,10,12-13,18-20H,6-7,9,11H2,(H,28,30)/t12?,13?,18?,19-,20?/m1/s1. The van der Waals surface area contributed by atoms with Crippen molar-refractivity contribution < 1.29 is 18.0 Å². The minimum atomic E-state index is -4.49. The molecule has 3 aliphatic rings. The molecule has 2 fully saturated rings. The molecule has 1 N–H and O–H groups in total. The SMILES string of the molecule is O=C(Cn1c2c(sc1=O)[C@H](c1cccs1)C1C3CCC(C3)C1S2)Nc1cccc(C(F)(F)F)c1. The number of thiazole rings is 1. The zero-order valence-electron chi connectivity index (χ0n) is 17.9. The number of hydrogen-bond donors (Lipinski definition) is 1. The number of rotatable bonds is 4. The highest BCUT2D eigenvalue weighted by molar-refractivity contribution is 8.00. The van der Waals surface area contributed by atoms with E-state index in [1.807, 2.05) is 6.07 Å². The molecular weight excluding hydrogens is 501 g/mol. The predicted octanol–water partition coefficient (Wildman–Crippen LogP) is 6.28. The first-order valence-electron chi connectivity index (χ1n) is 11.2. The van der Waals surface area contributed by atoms with Crippen LogP contribution in [-0.4, -0.2) is 15.7 Å². The van der Waals surface area contributed by atoms with Crippen LogP contribution in [-0.2, 0) is 17.5 Å². The van der Waals surface area contributed by atoms with Crippen LogP contribution >= 0.6 is 34.4 Å². The van der Waals surface area contributed by atoms with Crippen LogP contribution in [0.25, 0.3) is 0 Å². The average Bonchev–Trinajstić information content (AvgIpc) is 3.58. The molecule has 178 valence electrons. The summed E-state index contributed by atoms with van der Waals surface area (Å²) in [5.74, 6) is 1.50. The molecule has 3 heterocycles. The Kier molecular flexibility index (Phi) is 5.46. The monoisotopic (exact) mass is 522 g/mol. The van der Waals surface area contributed by atoms with Crippen LogP contribution in [0.5, 0.6) is 0 Å². The number of carbonyl (C=O) groups is 1. The summed E-state index contributed by atoms with van der Waals surface area (Å²) < 4.78 is 40.6. The number of carbonyl (C=O) groups excluding carboxylic acids is 1. The second-order valence-corrected chi connectivity index (χ2v) is 12.4. The van der Waals surface area contributed by atoms with E-state index in [1.165, 1.54) is 52.2 Å². The van der Waals surface area contributed by atoms with Gasteiger partial charge in [-0.15, -0.1) is 23.1 Å². The molecule has 1 aliphatic heterocycles. The molecule has 3 aromatic rings. The fourth-order valence-electron chi connectivity index (χ4n) is 5.99. The first-order valence-corrected chi connectivity index (χ1v) is 13.8. The summed E-state index contributed by atoms with van der Waals surface area (Å²) in [7, 11) is 0. The number of nitrogens with zero attached hydrogens (tertiary/aromatic N) is 1. The summed E-state index contributed by atoms with van der Waals surface area (Å²) in [4.78, 5) is 27.9. The second-order valence-electron chi connectivity index (χ2n) is 9.24. The summed E-state index contributed by atoms with van der Waals surface area (Å²) in [6.45, 7) is -0.212. The molecule has 1 aromatic carbocycles. The molecule has 2 aliphatic carbocycles. The summed E-state index contributed by atoms with van der Waals surface area (Å²) in [6.07, 6.45) is -0.789. The third kappa shape index (κ3) is 3.74. The molecule has 1 amide bonds. The topological polar surface area (TPSA) is 51.1 Å². The van der Waals surface area contributed by atoms with Crippen molar-refractivity contribution >= 4 is 46.0 Å². The van der Waals surface area contributed by atoms with Gasteiger partial charge in [0.15, 0.2) is 0 Å². The van der Waals surface area contributed by atoms with Gasteiger partial charge < -0.3 is 5.32 Å². The van der Waals surface area contributed by atoms with Crippen LogP contribution in [0.15, 0.2) is 51.6 Å². The Labute approximate surface area is 206 Å². The van der Waals surface area contributed by atoms with Gasteiger partial charge in [-0.2, -0.15) is 13.2 Å². The first-order chi connectivity index (χ1) is 16.3. The number of benzene rings is 1. The van der Waals surface area contributed by atoms with Crippen molar-refractivity contribution in [2.24, 2.45) is 17.8 Å². The third-order valence-corrected chi connectivity index (χ3v) is 11.1. The Bertz CT molecular complexity index is 1300. The Morgan fingerprint density at radius 3 is 2.74 bits per heavy atom. The van der Waals surface area contributed by atoms with Gasteiger partial charge in [-0.05, 0) is 66.7 Å². The fourth-order valence-corrected chi connectivity index (χ4v) is 10.1. The normalized spacial score (nSPS) is 27.4. The van der Waals surface area contributed by atoms with Crippen molar-refractivity contribution in [2.75, 3.05) is 5.32 Å². The zero-order valence-corrected chi connectivity index (χ0v) is 20.3. The average molecular weight is 523 g/mol. The molecule has 0 radical (unpaired) electrons. The van der Waals surface area contributed by atoms with Gasteiger partial charge in [-0.1, -0.05) is 23.5 Å². The van der Waals surface area contributed by atoms with Crippen LogP contribution in [0.2, 0.25) is 0 Å². The Hall–Kier alpha value is -2.04. The molecule has 6 rings (SSSR count). The predicted molar refractivity (Wildman–Crippen MR) is 129 cm³/mol. The number of halogens is 3. The van der Waals surface area contributed by atoms with E-state index >= 15 is 0 Å². The molecule has 4 nitrogen and oxygen atoms in total. The lowest BCUT2D eigenvalue weighted by Crippen LogP contribution is -2.34. The van der Waals surface area contributed by atoms with Gasteiger partial charge in [0.1, 0.15) is 6.54 Å². The van der Waals surface area contributed by atoms with E-state index in [1.54, 1.807) is 23.1 Å². The van der Waals surface area contributed by atoms with Crippen molar-refractivity contribution in [3.8, 4) is 0 Å². The molecule has 34 heavy (non-hydrogen) atoms. The van der Waals surface area contributed by atoms with Gasteiger partial charge in [-0.25, -0.2) is 0 Å². The molecule has 10 heteroatoms. The second kappa shape index (κ2) is 8.27. The Balaban J connectivity index is 1.31. The van der Waals surface area contributed by atoms with E-state index in [2.05, 4.69) is 16.8 Å². The summed E-state index contributed by atoms with van der Waals surface area (Å²) >= 11 is 4.68. The van der Waals surface area contributed by atoms with E-state index in [0.717, 1.165) is 22.0 Å². The highest BCUT2D eigenvalue weighted by Crippen LogP contribution is 2.64. The third-order valence-electron chi connectivity index (χ3n) is 7.32. The molecule has 5 atom stereocenters. The van der Waals surface area contributed by atoms with Crippen LogP contribution in [0.4, 0.5) is 18.9 Å². The molecule has 4 unspecified atom stereocenters. The first kappa shape index (κ1) is 22.4. The van der Waals surface area contributed by atoms with Crippen molar-refractivity contribution in [3.05, 3.63) is 66.8 Å². The van der Waals surface area contributed by atoms with Gasteiger partial charge in [0.2, 0.25) is 5.91 Å². The van der Waals surface area contributed by atoms with Crippen LogP contribution in [0.1, 0.15) is 40.5 Å². The van der Waals surface area contributed by atoms with Crippen LogP contribution < -0.4 is 10.2 Å². The number of aromatic nitrogens is 1. The maximum atomic E-state index is 13.0. The summed E-state index contributed by atoms with van der Waals surface area (Å²) in [5.41, 5.74) is -0.763. The quantitative estimate of drug-likeness (QED) is 0.439. The van der Waals surface area contributed by atoms with E-state index in [-0.39, 0.29) is 23.0 Å². The minimum Gasteiger partial charge on any atom is -0.325 e. The number of thiophene rings is 1. The van der Waals surface area contributed by atoms with Crippen molar-refractivity contribution in [1.29, 1.82) is 0 Å². The van der Waals surface area contributed by atoms with Gasteiger partial charge in [0.05, 0.1) is 10.6 Å². The number of amides is 1. The van der Waals surface area contributed by atoms with E-state index in [4.69, 9.17) is 0 Å². The van der Waals surface area contributed by atoms with Gasteiger partial charge >= 0.3 is 11.0 Å². The number of alkyl halides is 3. The van der Waals surface area contributed by atoms with Gasteiger partial charge in [-0.3, -0.25) is 14.2 Å². The lowest BCUT2D eigenvalue weighted by molar-refractivity contribution is -0.137. The fraction of sp³-hybridized carbons (Fsp3) is 0.417. The minimum absolute atomic E-state index is 0.0641. The molecule has 2 bridgehead atoms. The maximum Gasteiger partial charge on any atom is 0.416 e. The van der Waals surface area contributed by atoms with E-state index in [9.17, 15) is 22.8 Å². The van der Waals surface area contributed by atoms with Crippen molar-refractivity contribution in [1.82, 2.24) is 4.57 Å². The van der Waals surface area contributed by atoms with E-state index < -0.39 is 17.6 Å². The Morgan fingerprint density at radius 2 is 1.97 bits per heavy atom. The molecule has 0 spiro atoms. The highest BCUT2D eigenvalue weighted by atomic mass is 32.2. The number of fused-ring (bicyclic) bond motifs is 6. The van der Waals surface area contributed by atoms with Crippen molar-refractivity contribution in [2.45, 2.75) is 48.2 Å². The summed E-state index contributed by atoms with van der Waals surface area (Å²) in [5, 5.41) is 5.91. The van der Waals surface area contributed by atoms with Gasteiger partial charge in [0, 0.05) is 26.6 Å². The van der Waals surface area contributed by atoms with Gasteiger partial charge in [0.25, 0.3) is 0 Å². The number of nitrogens with one attached hydrogen (secondary N) is 1. The number of anilines is 1. The van der Waals surface area contributed by atoms with Crippen LogP contribution in [0.3, 0.4) is 0 Å². The lowest BCUT2D eigenvalue weighted by Gasteiger charge is -2.40.